The number of hydrogen-bond donors (Lipinski definition) is 0. The van der Waals surface area contributed by atoms with E-state index >= 15 is 0 Å². The van der Waals surface area contributed by atoms with Gasteiger partial charge in [0.2, 0.25) is 0 Å². The van der Waals surface area contributed by atoms with Crippen LogP contribution in [0.2, 0.25) is 0 Å². The van der Waals surface area contributed by atoms with Gasteiger partial charge in [-0.1, -0.05) is 29.9 Å². The molecule has 4 rings (SSSR count). The second-order valence-electron chi connectivity index (χ2n) is 5.56. The number of ether oxygens (including phenoxy) is 1. The largest absolute Gasteiger partial charge is 0.458 e. The minimum absolute atomic E-state index is 0.00481. The van der Waals surface area contributed by atoms with Gasteiger partial charge >= 0.3 is 5.97 Å². The monoisotopic (exact) mass is 288 g/mol. The first kappa shape index (κ1) is 12.1. The van der Waals surface area contributed by atoms with Gasteiger partial charge in [-0.15, -0.1) is 0 Å². The topological polar surface area (TPSA) is 42.4 Å². The Balaban J connectivity index is 1.37. The normalized spacial score (nSPS) is 19.7. The second-order valence-corrected chi connectivity index (χ2v) is 6.56. The lowest BCUT2D eigenvalue weighted by Crippen LogP contribution is -2.53. The van der Waals surface area contributed by atoms with Crippen LogP contribution in [0.1, 0.15) is 19.3 Å². The van der Waals surface area contributed by atoms with Gasteiger partial charge in [-0.2, -0.15) is 0 Å². The molecule has 0 N–H and O–H groups in total. The number of nitrogens with zero attached hydrogens (tertiary/aromatic N) is 2. The maximum Gasteiger partial charge on any atom is 0.309 e. The number of rotatable bonds is 3. The van der Waals surface area contributed by atoms with Crippen LogP contribution in [0.5, 0.6) is 0 Å². The number of para-hydroxylation sites is 1. The van der Waals surface area contributed by atoms with Crippen molar-refractivity contribution in [3.05, 3.63) is 24.3 Å². The van der Waals surface area contributed by atoms with Gasteiger partial charge < -0.3 is 9.64 Å². The Labute approximate surface area is 121 Å². The Kier molecular flexibility index (Phi) is 2.88. The third-order valence-corrected chi connectivity index (χ3v) is 5.22. The third-order valence-electron chi connectivity index (χ3n) is 4.12. The molecule has 0 spiro atoms. The number of hydrogen-bond acceptors (Lipinski definition) is 5. The van der Waals surface area contributed by atoms with Gasteiger partial charge in [0.15, 0.2) is 5.13 Å². The van der Waals surface area contributed by atoms with E-state index in [2.05, 4.69) is 16.0 Å². The highest BCUT2D eigenvalue weighted by Crippen LogP contribution is 2.33. The van der Waals surface area contributed by atoms with Crippen molar-refractivity contribution in [1.82, 2.24) is 4.98 Å². The number of fused-ring (bicyclic) bond motifs is 1. The molecule has 1 saturated heterocycles. The first-order valence-corrected chi connectivity index (χ1v) is 7.92. The zero-order valence-corrected chi connectivity index (χ0v) is 11.9. The van der Waals surface area contributed by atoms with Crippen LogP contribution in [-0.2, 0) is 9.53 Å². The van der Waals surface area contributed by atoms with E-state index in [1.807, 2.05) is 18.2 Å². The molecule has 0 radical (unpaired) electrons. The number of carbonyl (C=O) groups excluding carboxylic acids is 1. The zero-order valence-electron chi connectivity index (χ0n) is 11.1. The van der Waals surface area contributed by atoms with Gasteiger partial charge in [-0.25, -0.2) is 4.98 Å². The molecular formula is C15H16N2O2S. The molecule has 1 aliphatic carbocycles. The summed E-state index contributed by atoms with van der Waals surface area (Å²) in [6, 6.07) is 8.16. The molecule has 20 heavy (non-hydrogen) atoms. The highest BCUT2D eigenvalue weighted by atomic mass is 32.1. The fourth-order valence-electron chi connectivity index (χ4n) is 2.57. The van der Waals surface area contributed by atoms with Crippen molar-refractivity contribution in [2.75, 3.05) is 18.0 Å². The summed E-state index contributed by atoms with van der Waals surface area (Å²) in [5.74, 6) is 0.178. The third kappa shape index (κ3) is 2.06. The van der Waals surface area contributed by atoms with Crippen molar-refractivity contribution >= 4 is 32.7 Å². The molecule has 0 bridgehead atoms. The molecule has 2 aromatic rings. The van der Waals surface area contributed by atoms with Gasteiger partial charge in [-0.05, 0) is 25.0 Å². The number of esters is 1. The quantitative estimate of drug-likeness (QED) is 0.815. The predicted molar refractivity (Wildman–Crippen MR) is 79.1 cm³/mol. The van der Waals surface area contributed by atoms with E-state index in [1.54, 1.807) is 11.3 Å². The van der Waals surface area contributed by atoms with Crippen LogP contribution < -0.4 is 4.90 Å². The average molecular weight is 288 g/mol. The average Bonchev–Trinajstić information content (AvgIpc) is 2.73. The summed E-state index contributed by atoms with van der Waals surface area (Å²) in [4.78, 5) is 18.6. The van der Waals surface area contributed by atoms with Gasteiger partial charge in [0.25, 0.3) is 0 Å². The predicted octanol–water partition coefficient (Wildman–Crippen LogP) is 2.83. The number of thiazole rings is 1. The van der Waals surface area contributed by atoms with Crippen LogP contribution in [0.4, 0.5) is 5.13 Å². The van der Waals surface area contributed by atoms with E-state index in [-0.39, 0.29) is 18.0 Å². The van der Waals surface area contributed by atoms with Crippen LogP contribution in [-0.4, -0.2) is 30.1 Å². The molecule has 104 valence electrons. The molecule has 2 aliphatic rings. The fourth-order valence-corrected chi connectivity index (χ4v) is 3.55. The van der Waals surface area contributed by atoms with Crippen molar-refractivity contribution in [3.8, 4) is 0 Å². The molecule has 1 aromatic heterocycles. The summed E-state index contributed by atoms with van der Waals surface area (Å²) in [6.45, 7) is 1.55. The summed E-state index contributed by atoms with van der Waals surface area (Å²) in [5.41, 5.74) is 1.04. The molecule has 1 saturated carbocycles. The van der Waals surface area contributed by atoms with Gasteiger partial charge in [0.05, 0.1) is 29.2 Å². The molecule has 1 aromatic carbocycles. The Bertz CT molecular complexity index is 611. The van der Waals surface area contributed by atoms with Crippen LogP contribution in [0.3, 0.4) is 0 Å². The fraction of sp³-hybridized carbons (Fsp3) is 0.467. The van der Waals surface area contributed by atoms with Crippen molar-refractivity contribution in [3.63, 3.8) is 0 Å². The summed E-state index contributed by atoms with van der Waals surface area (Å²) in [5, 5.41) is 1.03. The Morgan fingerprint density at radius 1 is 1.30 bits per heavy atom. The highest BCUT2D eigenvalue weighted by Gasteiger charge is 2.35. The van der Waals surface area contributed by atoms with E-state index in [0.717, 1.165) is 36.6 Å². The van der Waals surface area contributed by atoms with E-state index in [4.69, 9.17) is 4.74 Å². The van der Waals surface area contributed by atoms with Crippen molar-refractivity contribution in [1.29, 1.82) is 0 Å². The zero-order chi connectivity index (χ0) is 13.5. The minimum atomic E-state index is 0.00481. The van der Waals surface area contributed by atoms with Crippen LogP contribution in [0, 0.1) is 5.92 Å². The number of aromatic nitrogens is 1. The van der Waals surface area contributed by atoms with Gasteiger partial charge in [-0.3, -0.25) is 4.79 Å². The van der Waals surface area contributed by atoms with Gasteiger partial charge in [0, 0.05) is 0 Å². The van der Waals surface area contributed by atoms with E-state index in [0.29, 0.717) is 0 Å². The summed E-state index contributed by atoms with van der Waals surface area (Å²) < 4.78 is 6.72. The van der Waals surface area contributed by atoms with Crippen LogP contribution in [0.15, 0.2) is 24.3 Å². The maximum absolute atomic E-state index is 11.8. The molecule has 4 nitrogen and oxygen atoms in total. The smallest absolute Gasteiger partial charge is 0.309 e. The lowest BCUT2D eigenvalue weighted by Gasteiger charge is -2.39. The molecule has 0 amide bonds. The molecule has 0 unspecified atom stereocenters. The van der Waals surface area contributed by atoms with Crippen molar-refractivity contribution in [2.24, 2.45) is 5.92 Å². The molecule has 2 heterocycles. The van der Waals surface area contributed by atoms with E-state index < -0.39 is 0 Å². The van der Waals surface area contributed by atoms with Crippen molar-refractivity contribution < 1.29 is 9.53 Å². The van der Waals surface area contributed by atoms with E-state index in [9.17, 15) is 4.79 Å². The second kappa shape index (κ2) is 4.74. The van der Waals surface area contributed by atoms with E-state index in [1.165, 1.54) is 11.1 Å². The first-order chi connectivity index (χ1) is 9.79. The molecule has 5 heteroatoms. The Morgan fingerprint density at radius 3 is 2.80 bits per heavy atom. The minimum Gasteiger partial charge on any atom is -0.458 e. The molecule has 2 fully saturated rings. The number of benzene rings is 1. The Morgan fingerprint density at radius 2 is 2.10 bits per heavy atom. The number of anilines is 1. The van der Waals surface area contributed by atoms with Crippen LogP contribution in [0.25, 0.3) is 10.2 Å². The molecule has 0 atom stereocenters. The van der Waals surface area contributed by atoms with Crippen LogP contribution >= 0.6 is 11.3 Å². The summed E-state index contributed by atoms with van der Waals surface area (Å²) in [7, 11) is 0. The van der Waals surface area contributed by atoms with Gasteiger partial charge in [0.1, 0.15) is 6.10 Å². The lowest BCUT2D eigenvalue weighted by atomic mass is 9.85. The summed E-state index contributed by atoms with van der Waals surface area (Å²) >= 11 is 1.70. The summed E-state index contributed by atoms with van der Waals surface area (Å²) in [6.07, 6.45) is 3.23. The Hall–Kier alpha value is -1.62. The SMILES string of the molecule is O=C(OC1CN(c2nc3ccccc3s2)C1)C1CCC1. The van der Waals surface area contributed by atoms with Crippen molar-refractivity contribution in [2.45, 2.75) is 25.4 Å². The lowest BCUT2D eigenvalue weighted by molar-refractivity contribution is -0.158. The first-order valence-electron chi connectivity index (χ1n) is 7.10. The number of carbonyl (C=O) groups is 1. The maximum atomic E-state index is 11.8. The molecule has 1 aliphatic heterocycles. The standard InChI is InChI=1S/C15H16N2O2S/c18-14(10-4-3-5-10)19-11-8-17(9-11)15-16-12-6-1-2-7-13(12)20-15/h1-2,6-7,10-11H,3-5,8-9H2. The highest BCUT2D eigenvalue weighted by molar-refractivity contribution is 7.22. The molecular weight excluding hydrogens is 272 g/mol.